The van der Waals surface area contributed by atoms with Crippen molar-refractivity contribution in [1.29, 1.82) is 0 Å². The van der Waals surface area contributed by atoms with Crippen molar-refractivity contribution in [3.63, 3.8) is 0 Å². The van der Waals surface area contributed by atoms with E-state index >= 15 is 0 Å². The third-order valence-electron chi connectivity index (χ3n) is 8.10. The Morgan fingerprint density at radius 1 is 0.907 bits per heavy atom. The Morgan fingerprint density at radius 3 is 2.12 bits per heavy atom. The largest absolute Gasteiger partial charge is 0.392 e. The Morgan fingerprint density at radius 2 is 1.51 bits per heavy atom. The van der Waals surface area contributed by atoms with Crippen LogP contribution in [0.4, 0.5) is 0 Å². The van der Waals surface area contributed by atoms with E-state index in [1.807, 2.05) is 72.8 Å². The molecular formula is C32H34Cl4N2O5. The molecule has 2 saturated heterocycles. The van der Waals surface area contributed by atoms with Crippen LogP contribution in [-0.2, 0) is 33.0 Å². The van der Waals surface area contributed by atoms with Crippen LogP contribution in [0.3, 0.4) is 0 Å². The van der Waals surface area contributed by atoms with Crippen LogP contribution in [0.5, 0.6) is 0 Å². The van der Waals surface area contributed by atoms with Crippen molar-refractivity contribution in [3.05, 3.63) is 106 Å². The van der Waals surface area contributed by atoms with E-state index in [-0.39, 0.29) is 25.4 Å². The molecule has 7 nitrogen and oxygen atoms in total. The molecule has 0 unspecified atom stereocenters. The highest BCUT2D eigenvalue weighted by Crippen LogP contribution is 2.39. The highest BCUT2D eigenvalue weighted by Gasteiger charge is 2.37. The second-order valence-corrected chi connectivity index (χ2v) is 13.8. The van der Waals surface area contributed by atoms with E-state index < -0.39 is 21.6 Å². The van der Waals surface area contributed by atoms with Gasteiger partial charge in [0.15, 0.2) is 6.29 Å². The van der Waals surface area contributed by atoms with E-state index in [0.717, 1.165) is 40.9 Å². The van der Waals surface area contributed by atoms with E-state index in [1.54, 1.807) is 0 Å². The predicted octanol–water partition coefficient (Wildman–Crippen LogP) is 6.35. The molecule has 1 amide bonds. The van der Waals surface area contributed by atoms with Gasteiger partial charge in [0.05, 0.1) is 24.4 Å². The number of piperidine rings is 1. The first kappa shape index (κ1) is 32.5. The number of likely N-dealkylation sites (tertiary alicyclic amines) is 1. The molecule has 2 heterocycles. The standard InChI is InChI=1S/C32H34Cl4N2O5/c33-26-11-9-25(10-12-26)31(41)13-15-38(16-14-31)19-27-17-28(23-5-3-22(20-39)4-6-23)43-29(42-27)24-7-1-21(2-8-24)18-37-30(40)32(34,35)36/h1-12,27-29,39,41H,13-20H2,(H,37,40)/t27-,28+,29+/m1/s1. The smallest absolute Gasteiger partial charge is 0.272 e. The molecule has 2 aliphatic rings. The van der Waals surface area contributed by atoms with E-state index in [9.17, 15) is 15.0 Å². The Balaban J connectivity index is 1.26. The fourth-order valence-corrected chi connectivity index (χ4v) is 5.88. The number of hydrogen-bond acceptors (Lipinski definition) is 6. The van der Waals surface area contributed by atoms with Crippen LogP contribution in [-0.4, -0.2) is 50.6 Å². The maximum atomic E-state index is 11.9. The average molecular weight is 668 g/mol. The maximum absolute atomic E-state index is 11.9. The van der Waals surface area contributed by atoms with Crippen molar-refractivity contribution < 1.29 is 24.5 Å². The summed E-state index contributed by atoms with van der Waals surface area (Å²) in [5, 5.41) is 24.1. The summed E-state index contributed by atoms with van der Waals surface area (Å²) in [5.41, 5.74) is 3.53. The van der Waals surface area contributed by atoms with E-state index in [2.05, 4.69) is 10.2 Å². The summed E-state index contributed by atoms with van der Waals surface area (Å²) in [6.07, 6.45) is 0.949. The van der Waals surface area contributed by atoms with Gasteiger partial charge >= 0.3 is 0 Å². The van der Waals surface area contributed by atoms with Crippen LogP contribution in [0.15, 0.2) is 72.8 Å². The zero-order chi connectivity index (χ0) is 30.6. The summed E-state index contributed by atoms with van der Waals surface area (Å²) in [7, 11) is 0. The molecule has 2 fully saturated rings. The number of aliphatic hydroxyl groups excluding tert-OH is 1. The Hall–Kier alpha value is -1.91. The first-order valence-electron chi connectivity index (χ1n) is 14.2. The van der Waals surface area contributed by atoms with Crippen LogP contribution in [0.2, 0.25) is 5.02 Å². The lowest BCUT2D eigenvalue weighted by atomic mass is 9.84. The lowest BCUT2D eigenvalue weighted by Gasteiger charge is -2.42. The van der Waals surface area contributed by atoms with Crippen LogP contribution >= 0.6 is 46.4 Å². The van der Waals surface area contributed by atoms with Crippen LogP contribution in [0.25, 0.3) is 0 Å². The molecule has 0 bridgehead atoms. The Kier molecular flexibility index (Phi) is 10.6. The lowest BCUT2D eigenvalue weighted by Crippen LogP contribution is -2.46. The number of aliphatic hydroxyl groups is 2. The van der Waals surface area contributed by atoms with Gasteiger partial charge in [-0.25, -0.2) is 0 Å². The third-order valence-corrected chi connectivity index (χ3v) is 8.87. The van der Waals surface area contributed by atoms with Crippen molar-refractivity contribution in [2.45, 2.75) is 60.3 Å². The summed E-state index contributed by atoms with van der Waals surface area (Å²) in [4.78, 5) is 14.2. The number of halogens is 4. The van der Waals surface area contributed by atoms with E-state index in [1.165, 1.54) is 0 Å². The number of ether oxygens (including phenoxy) is 2. The number of rotatable bonds is 8. The number of alkyl halides is 3. The van der Waals surface area contributed by atoms with Gasteiger partial charge < -0.3 is 29.9 Å². The number of benzene rings is 3. The molecule has 3 aromatic rings. The highest BCUT2D eigenvalue weighted by molar-refractivity contribution is 6.76. The minimum absolute atomic E-state index is 0.0219. The minimum Gasteiger partial charge on any atom is -0.392 e. The van der Waals surface area contributed by atoms with E-state index in [0.29, 0.717) is 30.8 Å². The van der Waals surface area contributed by atoms with Crippen molar-refractivity contribution in [2.24, 2.45) is 0 Å². The van der Waals surface area contributed by atoms with Gasteiger partial charge in [-0.2, -0.15) is 0 Å². The fraction of sp³-hybridized carbons (Fsp3) is 0.406. The van der Waals surface area contributed by atoms with Gasteiger partial charge in [0, 0.05) is 43.2 Å². The first-order valence-corrected chi connectivity index (χ1v) is 15.7. The van der Waals surface area contributed by atoms with Gasteiger partial charge in [-0.15, -0.1) is 0 Å². The molecule has 5 rings (SSSR count). The molecule has 3 N–H and O–H groups in total. The van der Waals surface area contributed by atoms with Gasteiger partial charge in [0.2, 0.25) is 0 Å². The maximum Gasteiger partial charge on any atom is 0.272 e. The van der Waals surface area contributed by atoms with Gasteiger partial charge in [-0.1, -0.05) is 107 Å². The second kappa shape index (κ2) is 14.0. The third kappa shape index (κ3) is 8.42. The molecule has 11 heteroatoms. The quantitative estimate of drug-likeness (QED) is 0.243. The van der Waals surface area contributed by atoms with Crippen LogP contribution < -0.4 is 5.32 Å². The van der Waals surface area contributed by atoms with Crippen molar-refractivity contribution in [3.8, 4) is 0 Å². The predicted molar refractivity (Wildman–Crippen MR) is 168 cm³/mol. The highest BCUT2D eigenvalue weighted by atomic mass is 35.6. The summed E-state index contributed by atoms with van der Waals surface area (Å²) in [6, 6.07) is 22.8. The van der Waals surface area contributed by atoms with Gasteiger partial charge in [-0.05, 0) is 47.2 Å². The Labute approximate surface area is 271 Å². The molecular weight excluding hydrogens is 634 g/mol. The summed E-state index contributed by atoms with van der Waals surface area (Å²) >= 11 is 23.0. The van der Waals surface area contributed by atoms with Gasteiger partial charge in [0.1, 0.15) is 0 Å². The van der Waals surface area contributed by atoms with Crippen molar-refractivity contribution in [1.82, 2.24) is 10.2 Å². The lowest BCUT2D eigenvalue weighted by molar-refractivity contribution is -0.253. The van der Waals surface area contributed by atoms with Crippen molar-refractivity contribution >= 4 is 52.3 Å². The summed E-state index contributed by atoms with van der Waals surface area (Å²) in [6.45, 7) is 2.35. The molecule has 3 aromatic carbocycles. The monoisotopic (exact) mass is 666 g/mol. The molecule has 230 valence electrons. The number of nitrogens with zero attached hydrogens (tertiary/aromatic N) is 1. The molecule has 0 aliphatic carbocycles. The van der Waals surface area contributed by atoms with Crippen LogP contribution in [0, 0.1) is 0 Å². The molecule has 0 spiro atoms. The number of hydrogen-bond donors (Lipinski definition) is 3. The van der Waals surface area contributed by atoms with Crippen molar-refractivity contribution in [2.75, 3.05) is 19.6 Å². The second-order valence-electron chi connectivity index (χ2n) is 11.1. The minimum atomic E-state index is -2.02. The zero-order valence-corrected chi connectivity index (χ0v) is 26.4. The number of amides is 1. The molecule has 0 saturated carbocycles. The summed E-state index contributed by atoms with van der Waals surface area (Å²) in [5.74, 6) is -0.692. The fourth-order valence-electron chi connectivity index (χ4n) is 5.55. The molecule has 0 aromatic heterocycles. The first-order chi connectivity index (χ1) is 20.5. The average Bonchev–Trinajstić information content (AvgIpc) is 3.01. The summed E-state index contributed by atoms with van der Waals surface area (Å²) < 4.78 is 10.9. The molecule has 0 radical (unpaired) electrons. The zero-order valence-electron chi connectivity index (χ0n) is 23.4. The van der Waals surface area contributed by atoms with Crippen LogP contribution in [0.1, 0.15) is 59.5 Å². The molecule has 43 heavy (non-hydrogen) atoms. The number of carbonyl (C=O) groups is 1. The molecule has 2 aliphatic heterocycles. The van der Waals surface area contributed by atoms with Gasteiger partial charge in [0.25, 0.3) is 9.70 Å². The van der Waals surface area contributed by atoms with E-state index in [4.69, 9.17) is 55.9 Å². The Bertz CT molecular complexity index is 1360. The topological polar surface area (TPSA) is 91.3 Å². The number of nitrogens with one attached hydrogen (secondary N) is 1. The molecule has 3 atom stereocenters. The number of carbonyl (C=O) groups excluding carboxylic acids is 1. The normalized spacial score (nSPS) is 22.7. The SMILES string of the molecule is O=C(NCc1ccc([C@H]2O[C@@H](CN3CCC(O)(c4ccc(Cl)cc4)CC3)C[C@@H](c3ccc(CO)cc3)O2)cc1)C(Cl)(Cl)Cl. The van der Waals surface area contributed by atoms with Gasteiger partial charge in [-0.3, -0.25) is 4.79 Å².